The van der Waals surface area contributed by atoms with Gasteiger partial charge in [-0.1, -0.05) is 53.6 Å². The second-order valence-electron chi connectivity index (χ2n) is 10.4. The van der Waals surface area contributed by atoms with Crippen molar-refractivity contribution < 1.29 is 23.9 Å². The highest BCUT2D eigenvalue weighted by atomic mass is 35.5. The summed E-state index contributed by atoms with van der Waals surface area (Å²) in [5.41, 5.74) is 7.53. The number of nitrogens with zero attached hydrogens (tertiary/aromatic N) is 3. The summed E-state index contributed by atoms with van der Waals surface area (Å²) in [7, 11) is 0. The van der Waals surface area contributed by atoms with E-state index in [1.807, 2.05) is 18.2 Å². The van der Waals surface area contributed by atoms with Crippen LogP contribution in [0.5, 0.6) is 0 Å². The van der Waals surface area contributed by atoms with E-state index in [-0.39, 0.29) is 29.8 Å². The molecule has 42 heavy (non-hydrogen) atoms. The van der Waals surface area contributed by atoms with E-state index in [2.05, 4.69) is 34.3 Å². The molecule has 1 fully saturated rings. The second-order valence-corrected chi connectivity index (χ2v) is 11.2. The fourth-order valence-electron chi connectivity index (χ4n) is 4.17. The zero-order chi connectivity index (χ0) is 30.9. The van der Waals surface area contributed by atoms with Gasteiger partial charge in [-0.2, -0.15) is 0 Å². The SMILES string of the molecule is CC(C)(C)OC(=O)N1CCOCC1c1cc(Cl)ccc1CN(C(=S)NC=O)c1nc[nH]c1C(N)=O.Cc1ccccc1. The number of aryl methyl sites for hydroxylation is 1. The third-order valence-corrected chi connectivity index (χ3v) is 6.61. The molecule has 2 aromatic carbocycles. The van der Waals surface area contributed by atoms with Crippen LogP contribution in [0.4, 0.5) is 10.6 Å². The molecule has 11 nitrogen and oxygen atoms in total. The van der Waals surface area contributed by atoms with Crippen LogP contribution < -0.4 is 16.0 Å². The highest BCUT2D eigenvalue weighted by Gasteiger charge is 2.34. The third-order valence-electron chi connectivity index (χ3n) is 6.04. The molecule has 0 bridgehead atoms. The molecule has 2 heterocycles. The predicted octanol–water partition coefficient (Wildman–Crippen LogP) is 4.50. The number of imidazole rings is 1. The number of hydrogen-bond acceptors (Lipinski definition) is 7. The van der Waals surface area contributed by atoms with Crippen LogP contribution in [-0.2, 0) is 20.8 Å². The molecule has 1 aliphatic rings. The number of carbonyl (C=O) groups is 3. The van der Waals surface area contributed by atoms with E-state index in [4.69, 9.17) is 39.0 Å². The van der Waals surface area contributed by atoms with Crippen LogP contribution in [0.3, 0.4) is 0 Å². The van der Waals surface area contributed by atoms with Crippen LogP contribution in [0.1, 0.15) is 54.0 Å². The monoisotopic (exact) mass is 614 g/mol. The van der Waals surface area contributed by atoms with Gasteiger partial charge in [0.05, 0.1) is 32.1 Å². The van der Waals surface area contributed by atoms with Gasteiger partial charge in [0.15, 0.2) is 10.9 Å². The Kier molecular flexibility index (Phi) is 11.4. The van der Waals surface area contributed by atoms with E-state index < -0.39 is 23.6 Å². The molecule has 1 aliphatic heterocycles. The largest absolute Gasteiger partial charge is 0.444 e. The van der Waals surface area contributed by atoms with Crippen LogP contribution >= 0.6 is 23.8 Å². The fourth-order valence-corrected chi connectivity index (χ4v) is 4.55. The van der Waals surface area contributed by atoms with E-state index in [9.17, 15) is 14.4 Å². The van der Waals surface area contributed by atoms with Crippen molar-refractivity contribution in [2.24, 2.45) is 5.73 Å². The lowest BCUT2D eigenvalue weighted by Crippen LogP contribution is -2.46. The average Bonchev–Trinajstić information content (AvgIpc) is 3.42. The Bertz CT molecular complexity index is 1390. The number of benzene rings is 2. The van der Waals surface area contributed by atoms with E-state index in [0.29, 0.717) is 35.7 Å². The highest BCUT2D eigenvalue weighted by molar-refractivity contribution is 7.80. The molecule has 0 aliphatic carbocycles. The average molecular weight is 615 g/mol. The van der Waals surface area contributed by atoms with Gasteiger partial charge in [0.2, 0.25) is 6.41 Å². The lowest BCUT2D eigenvalue weighted by Gasteiger charge is -2.38. The Labute approximate surface area is 255 Å². The number of nitrogens with one attached hydrogen (secondary N) is 2. The van der Waals surface area contributed by atoms with Gasteiger partial charge < -0.3 is 25.5 Å². The molecule has 0 radical (unpaired) electrons. The second kappa shape index (κ2) is 14.8. The molecule has 1 atom stereocenters. The number of amides is 3. The maximum absolute atomic E-state index is 13.0. The highest BCUT2D eigenvalue weighted by Crippen LogP contribution is 2.32. The van der Waals surface area contributed by atoms with Crippen LogP contribution in [0.2, 0.25) is 5.02 Å². The summed E-state index contributed by atoms with van der Waals surface area (Å²) in [6.45, 7) is 8.46. The summed E-state index contributed by atoms with van der Waals surface area (Å²) in [5, 5.41) is 2.87. The number of thiocarbonyl (C=S) groups is 1. The lowest BCUT2D eigenvalue weighted by molar-refractivity contribution is -0.108. The number of hydrogen-bond donors (Lipinski definition) is 3. The van der Waals surface area contributed by atoms with E-state index in [0.717, 1.165) is 0 Å². The minimum atomic E-state index is -0.746. The number of anilines is 1. The number of H-pyrrole nitrogens is 1. The van der Waals surface area contributed by atoms with Crippen molar-refractivity contribution >= 4 is 53.2 Å². The van der Waals surface area contributed by atoms with Crippen LogP contribution in [0, 0.1) is 6.92 Å². The van der Waals surface area contributed by atoms with Crippen LogP contribution in [0.25, 0.3) is 0 Å². The predicted molar refractivity (Wildman–Crippen MR) is 164 cm³/mol. The van der Waals surface area contributed by atoms with Gasteiger partial charge in [0, 0.05) is 11.6 Å². The first kappa shape index (κ1) is 32.5. The maximum Gasteiger partial charge on any atom is 0.410 e. The van der Waals surface area contributed by atoms with Gasteiger partial charge in [0.25, 0.3) is 5.91 Å². The molecular weight excluding hydrogens is 580 g/mol. The lowest BCUT2D eigenvalue weighted by atomic mass is 9.98. The molecule has 4 rings (SSSR count). The number of halogens is 1. The topological polar surface area (TPSA) is 143 Å². The number of aromatic amines is 1. The summed E-state index contributed by atoms with van der Waals surface area (Å²) in [6, 6.07) is 15.0. The molecule has 3 amide bonds. The van der Waals surface area contributed by atoms with Gasteiger partial charge in [-0.05, 0) is 63.2 Å². The van der Waals surface area contributed by atoms with Gasteiger partial charge in [0.1, 0.15) is 11.3 Å². The van der Waals surface area contributed by atoms with Crippen molar-refractivity contribution in [2.75, 3.05) is 24.7 Å². The van der Waals surface area contributed by atoms with Crippen LogP contribution in [0.15, 0.2) is 54.9 Å². The molecular formula is C29H35ClN6O5S. The summed E-state index contributed by atoms with van der Waals surface area (Å²) >= 11 is 11.7. The number of nitrogens with two attached hydrogens (primary N) is 1. The summed E-state index contributed by atoms with van der Waals surface area (Å²) in [5.74, 6) is -0.605. The quantitative estimate of drug-likeness (QED) is 0.272. The first-order valence-electron chi connectivity index (χ1n) is 13.1. The van der Waals surface area contributed by atoms with Gasteiger partial charge in [-0.3, -0.25) is 19.4 Å². The standard InChI is InChI=1S/C22H27ClN6O5S.C7H8/c1-22(2,3)34-21(32)28-6-7-33-10-16(28)15-8-14(23)5-4-13(15)9-29(20(35)27-12-30)19-17(18(24)31)25-11-26-19;1-7-5-3-2-4-6-7/h4-5,8,11-12,16H,6-7,9-10H2,1-3H3,(H2,24,31)(H,25,26)(H,27,30,35);2-6H,1H3. The van der Waals surface area contributed by atoms with Crippen molar-refractivity contribution in [3.8, 4) is 0 Å². The molecule has 13 heteroatoms. The summed E-state index contributed by atoms with van der Waals surface area (Å²) in [6.07, 6.45) is 1.25. The van der Waals surface area contributed by atoms with Crippen molar-refractivity contribution in [3.05, 3.63) is 82.3 Å². The molecule has 1 aromatic heterocycles. The maximum atomic E-state index is 13.0. The number of rotatable bonds is 6. The zero-order valence-electron chi connectivity index (χ0n) is 23.9. The molecule has 0 spiro atoms. The van der Waals surface area contributed by atoms with Crippen molar-refractivity contribution in [3.63, 3.8) is 0 Å². The Morgan fingerprint density at radius 3 is 2.60 bits per heavy atom. The first-order valence-corrected chi connectivity index (χ1v) is 13.9. The zero-order valence-corrected chi connectivity index (χ0v) is 25.5. The fraction of sp³-hybridized carbons (Fsp3) is 0.345. The molecule has 1 saturated heterocycles. The van der Waals surface area contributed by atoms with E-state index in [1.54, 1.807) is 43.9 Å². The normalized spacial score (nSPS) is 14.7. The molecule has 224 valence electrons. The van der Waals surface area contributed by atoms with E-state index in [1.165, 1.54) is 16.8 Å². The Morgan fingerprint density at radius 1 is 1.29 bits per heavy atom. The number of primary amides is 1. The van der Waals surface area contributed by atoms with E-state index >= 15 is 0 Å². The van der Waals surface area contributed by atoms with Crippen molar-refractivity contribution in [1.82, 2.24) is 20.2 Å². The van der Waals surface area contributed by atoms with Gasteiger partial charge >= 0.3 is 6.09 Å². The molecule has 1 unspecified atom stereocenters. The number of aromatic nitrogens is 2. The summed E-state index contributed by atoms with van der Waals surface area (Å²) in [4.78, 5) is 45.9. The van der Waals surface area contributed by atoms with Crippen molar-refractivity contribution in [2.45, 2.75) is 45.9 Å². The number of ether oxygens (including phenoxy) is 2. The Morgan fingerprint density at radius 2 is 2.00 bits per heavy atom. The smallest absolute Gasteiger partial charge is 0.410 e. The summed E-state index contributed by atoms with van der Waals surface area (Å²) < 4.78 is 11.3. The number of morpholine rings is 1. The molecule has 4 N–H and O–H groups in total. The minimum absolute atomic E-state index is 0.000562. The number of carbonyl (C=O) groups excluding carboxylic acids is 3. The van der Waals surface area contributed by atoms with Crippen molar-refractivity contribution in [1.29, 1.82) is 0 Å². The minimum Gasteiger partial charge on any atom is -0.444 e. The Hall–Kier alpha value is -4.00. The van der Waals surface area contributed by atoms with Gasteiger partial charge in [-0.15, -0.1) is 0 Å². The Balaban J connectivity index is 0.000000603. The molecule has 3 aromatic rings. The molecule has 0 saturated carbocycles. The third kappa shape index (κ3) is 9.00. The first-order chi connectivity index (χ1) is 19.9. The van der Waals surface area contributed by atoms with Crippen LogP contribution in [-0.4, -0.2) is 63.8 Å². The van der Waals surface area contributed by atoms with Gasteiger partial charge in [-0.25, -0.2) is 9.78 Å².